The molecule has 1 aromatic carbocycles. The maximum absolute atomic E-state index is 11.1. The van der Waals surface area contributed by atoms with E-state index in [-0.39, 0.29) is 0 Å². The Morgan fingerprint density at radius 1 is 1.16 bits per heavy atom. The Kier molecular flexibility index (Phi) is 4.18. The molecule has 0 bridgehead atoms. The molecule has 130 valence electrons. The summed E-state index contributed by atoms with van der Waals surface area (Å²) >= 11 is 7.97. The number of fused-ring (bicyclic) bond motifs is 1. The predicted octanol–water partition coefficient (Wildman–Crippen LogP) is 4.45. The predicted molar refractivity (Wildman–Crippen MR) is 104 cm³/mol. The van der Waals surface area contributed by atoms with Crippen molar-refractivity contribution in [3.8, 4) is 0 Å². The molecule has 6 heteroatoms. The third kappa shape index (κ3) is 2.90. The highest BCUT2D eigenvalue weighted by atomic mass is 35.5. The fourth-order valence-corrected chi connectivity index (χ4v) is 4.86. The van der Waals surface area contributed by atoms with Gasteiger partial charge in [0.25, 0.3) is 0 Å². The second-order valence-corrected chi connectivity index (χ2v) is 7.96. The number of nitrogens with zero attached hydrogens (tertiary/aromatic N) is 3. The smallest absolute Gasteiger partial charge is 0.141 e. The summed E-state index contributed by atoms with van der Waals surface area (Å²) in [5.41, 5.74) is 1.16. The maximum Gasteiger partial charge on any atom is 0.141 e. The molecule has 1 fully saturated rings. The summed E-state index contributed by atoms with van der Waals surface area (Å²) in [6.45, 7) is 5.51. The summed E-state index contributed by atoms with van der Waals surface area (Å²) in [6.07, 6.45) is 1.26. The molecule has 4 rings (SSSR count). The summed E-state index contributed by atoms with van der Waals surface area (Å²) in [5.74, 6) is 1.78. The van der Waals surface area contributed by atoms with Crippen LogP contribution in [0.3, 0.4) is 0 Å². The monoisotopic (exact) mass is 373 g/mol. The minimum absolute atomic E-state index is 0.629. The van der Waals surface area contributed by atoms with Crippen LogP contribution in [-0.4, -0.2) is 28.2 Å². The second kappa shape index (κ2) is 6.24. The van der Waals surface area contributed by atoms with Crippen molar-refractivity contribution in [1.29, 1.82) is 0 Å². The van der Waals surface area contributed by atoms with Crippen molar-refractivity contribution < 1.29 is 5.11 Å². The number of anilines is 1. The zero-order chi connectivity index (χ0) is 17.6. The van der Waals surface area contributed by atoms with Gasteiger partial charge in [-0.05, 0) is 43.7 Å². The number of aromatic nitrogens is 2. The van der Waals surface area contributed by atoms with Gasteiger partial charge in [0.1, 0.15) is 16.5 Å². The molecule has 2 aromatic heterocycles. The molecule has 0 amide bonds. The molecule has 0 unspecified atom stereocenters. The highest BCUT2D eigenvalue weighted by Crippen LogP contribution is 2.39. The lowest BCUT2D eigenvalue weighted by Crippen LogP contribution is -2.43. The molecule has 0 aliphatic carbocycles. The van der Waals surface area contributed by atoms with Crippen LogP contribution in [0.2, 0.25) is 5.02 Å². The van der Waals surface area contributed by atoms with Crippen LogP contribution < -0.4 is 4.90 Å². The Labute approximate surface area is 156 Å². The average Bonchev–Trinajstić information content (AvgIpc) is 2.96. The highest BCUT2D eigenvalue weighted by Gasteiger charge is 2.36. The topological polar surface area (TPSA) is 49.2 Å². The molecule has 0 spiro atoms. The van der Waals surface area contributed by atoms with Crippen LogP contribution >= 0.6 is 22.9 Å². The van der Waals surface area contributed by atoms with E-state index in [0.717, 1.165) is 40.5 Å². The van der Waals surface area contributed by atoms with E-state index < -0.39 is 5.60 Å². The van der Waals surface area contributed by atoms with Crippen LogP contribution in [0.1, 0.15) is 29.8 Å². The molecule has 1 aliphatic rings. The molecule has 25 heavy (non-hydrogen) atoms. The number of benzene rings is 1. The van der Waals surface area contributed by atoms with Crippen molar-refractivity contribution >= 4 is 39.0 Å². The zero-order valence-electron chi connectivity index (χ0n) is 14.3. The summed E-state index contributed by atoms with van der Waals surface area (Å²) < 4.78 is 0. The van der Waals surface area contributed by atoms with Crippen LogP contribution in [0.4, 0.5) is 5.82 Å². The van der Waals surface area contributed by atoms with E-state index in [1.807, 2.05) is 31.2 Å². The van der Waals surface area contributed by atoms with Crippen LogP contribution in [0.25, 0.3) is 10.2 Å². The van der Waals surface area contributed by atoms with Gasteiger partial charge in [0, 0.05) is 23.7 Å². The lowest BCUT2D eigenvalue weighted by Gasteiger charge is -2.39. The van der Waals surface area contributed by atoms with E-state index >= 15 is 0 Å². The zero-order valence-corrected chi connectivity index (χ0v) is 15.9. The average molecular weight is 374 g/mol. The Hall–Kier alpha value is -1.69. The van der Waals surface area contributed by atoms with Gasteiger partial charge >= 0.3 is 0 Å². The first-order valence-corrected chi connectivity index (χ1v) is 9.68. The number of aryl methyl sites for hydroxylation is 2. The van der Waals surface area contributed by atoms with E-state index in [1.165, 1.54) is 5.56 Å². The molecule has 0 saturated carbocycles. The number of rotatable bonds is 2. The lowest BCUT2D eigenvalue weighted by molar-refractivity contribution is 0.0118. The fourth-order valence-electron chi connectivity index (χ4n) is 3.59. The van der Waals surface area contributed by atoms with Crippen molar-refractivity contribution in [2.75, 3.05) is 18.0 Å². The summed E-state index contributed by atoms with van der Waals surface area (Å²) in [5, 5.41) is 15.0. The van der Waals surface area contributed by atoms with Gasteiger partial charge in [0.15, 0.2) is 0 Å². The summed E-state index contributed by atoms with van der Waals surface area (Å²) in [7, 11) is 0. The van der Waals surface area contributed by atoms with Gasteiger partial charge in [-0.15, -0.1) is 11.3 Å². The quantitative estimate of drug-likeness (QED) is 0.721. The van der Waals surface area contributed by atoms with Gasteiger partial charge in [-0.2, -0.15) is 0 Å². The van der Waals surface area contributed by atoms with Crippen LogP contribution in [0, 0.1) is 13.8 Å². The van der Waals surface area contributed by atoms with Gasteiger partial charge in [0.05, 0.1) is 11.0 Å². The second-order valence-electron chi connectivity index (χ2n) is 6.69. The normalized spacial score (nSPS) is 17.2. The summed E-state index contributed by atoms with van der Waals surface area (Å²) in [4.78, 5) is 12.6. The van der Waals surface area contributed by atoms with E-state index in [0.29, 0.717) is 17.9 Å². The van der Waals surface area contributed by atoms with Gasteiger partial charge in [-0.25, -0.2) is 9.97 Å². The Morgan fingerprint density at radius 3 is 2.60 bits per heavy atom. The van der Waals surface area contributed by atoms with Crippen molar-refractivity contribution in [3.63, 3.8) is 0 Å². The molecule has 0 atom stereocenters. The minimum atomic E-state index is -0.875. The van der Waals surface area contributed by atoms with Crippen LogP contribution in [-0.2, 0) is 5.60 Å². The van der Waals surface area contributed by atoms with Crippen LogP contribution in [0.5, 0.6) is 0 Å². The lowest BCUT2D eigenvalue weighted by atomic mass is 9.84. The van der Waals surface area contributed by atoms with E-state index in [9.17, 15) is 5.11 Å². The first kappa shape index (κ1) is 16.8. The number of thiophene rings is 1. The molecular weight excluding hydrogens is 354 g/mol. The molecule has 1 aliphatic heterocycles. The molecule has 4 nitrogen and oxygen atoms in total. The van der Waals surface area contributed by atoms with Crippen molar-refractivity contribution in [3.05, 3.63) is 51.6 Å². The van der Waals surface area contributed by atoms with Gasteiger partial charge in [-0.1, -0.05) is 29.8 Å². The molecule has 3 aromatic rings. The third-order valence-corrected chi connectivity index (χ3v) is 6.30. The number of piperidine rings is 1. The largest absolute Gasteiger partial charge is 0.385 e. The SMILES string of the molecule is Cc1nc(N2CCC(O)(c3ccccc3Cl)CC2)c2c(C)csc2n1. The fraction of sp³-hybridized carbons (Fsp3) is 0.368. The maximum atomic E-state index is 11.1. The van der Waals surface area contributed by atoms with Crippen molar-refractivity contribution in [2.45, 2.75) is 32.3 Å². The standard InChI is InChI=1S/C19H20ClN3OS/c1-12-11-25-18-16(12)17(21-13(2)22-18)23-9-7-19(24,8-10-23)14-5-3-4-6-15(14)20/h3-6,11,24H,7-10H2,1-2H3. The Bertz CT molecular complexity index is 932. The molecule has 1 N–H and O–H groups in total. The van der Waals surface area contributed by atoms with E-state index in [2.05, 4.69) is 22.2 Å². The summed E-state index contributed by atoms with van der Waals surface area (Å²) in [6, 6.07) is 7.59. The number of hydrogen-bond donors (Lipinski definition) is 1. The minimum Gasteiger partial charge on any atom is -0.385 e. The third-order valence-electron chi connectivity index (χ3n) is 4.98. The molecule has 0 radical (unpaired) electrons. The Morgan fingerprint density at radius 2 is 1.88 bits per heavy atom. The molecule has 1 saturated heterocycles. The van der Waals surface area contributed by atoms with Gasteiger partial charge in [0.2, 0.25) is 0 Å². The molecule has 3 heterocycles. The van der Waals surface area contributed by atoms with Gasteiger partial charge < -0.3 is 10.0 Å². The number of hydrogen-bond acceptors (Lipinski definition) is 5. The highest BCUT2D eigenvalue weighted by molar-refractivity contribution is 7.17. The van der Waals surface area contributed by atoms with E-state index in [1.54, 1.807) is 11.3 Å². The number of aliphatic hydroxyl groups is 1. The first-order chi connectivity index (χ1) is 12.0. The molecular formula is C19H20ClN3OS. The first-order valence-electron chi connectivity index (χ1n) is 8.43. The Balaban J connectivity index is 1.65. The van der Waals surface area contributed by atoms with Crippen molar-refractivity contribution in [2.24, 2.45) is 0 Å². The number of halogens is 1. The van der Waals surface area contributed by atoms with E-state index in [4.69, 9.17) is 16.6 Å². The van der Waals surface area contributed by atoms with Crippen molar-refractivity contribution in [1.82, 2.24) is 9.97 Å². The van der Waals surface area contributed by atoms with Gasteiger partial charge in [-0.3, -0.25) is 0 Å². The van der Waals surface area contributed by atoms with Crippen LogP contribution in [0.15, 0.2) is 29.6 Å².